The largest absolute Gasteiger partial charge is 0.391 e. The van der Waals surface area contributed by atoms with E-state index in [1.165, 1.54) is 17.7 Å². The van der Waals surface area contributed by atoms with Gasteiger partial charge in [0, 0.05) is 28.2 Å². The van der Waals surface area contributed by atoms with E-state index in [0.717, 1.165) is 30.2 Å². The van der Waals surface area contributed by atoms with Crippen molar-refractivity contribution in [3.05, 3.63) is 35.0 Å². The SMILES string of the molecule is O=C(NC1CCCC(C(F)(F)F)C1)c1ccc2[nH]c3c(c2c1)CCCC3. The summed E-state index contributed by atoms with van der Waals surface area (Å²) < 4.78 is 38.9. The predicted molar refractivity (Wildman–Crippen MR) is 94.2 cm³/mol. The van der Waals surface area contributed by atoms with Gasteiger partial charge in [-0.25, -0.2) is 0 Å². The molecule has 0 bridgehead atoms. The number of nitrogens with one attached hydrogen (secondary N) is 2. The Bertz CT molecular complexity index is 824. The van der Waals surface area contributed by atoms with Crippen LogP contribution in [0.15, 0.2) is 18.2 Å². The fourth-order valence-corrected chi connectivity index (χ4v) is 4.43. The minimum atomic E-state index is -4.17. The summed E-state index contributed by atoms with van der Waals surface area (Å²) in [5.41, 5.74) is 4.10. The third-order valence-corrected chi connectivity index (χ3v) is 5.83. The highest BCUT2D eigenvalue weighted by Gasteiger charge is 2.42. The third-order valence-electron chi connectivity index (χ3n) is 5.83. The van der Waals surface area contributed by atoms with Crippen LogP contribution in [0.1, 0.15) is 60.1 Å². The second-order valence-electron chi connectivity index (χ2n) is 7.63. The number of aromatic amines is 1. The highest BCUT2D eigenvalue weighted by molar-refractivity contribution is 5.99. The van der Waals surface area contributed by atoms with Crippen LogP contribution in [-0.2, 0) is 12.8 Å². The summed E-state index contributed by atoms with van der Waals surface area (Å²) in [5, 5.41) is 3.90. The number of amides is 1. The summed E-state index contributed by atoms with van der Waals surface area (Å²) in [5.74, 6) is -1.58. The normalized spacial score (nSPS) is 23.7. The first kappa shape index (κ1) is 17.4. The summed E-state index contributed by atoms with van der Waals surface area (Å²) in [6.45, 7) is 0. The van der Waals surface area contributed by atoms with Gasteiger partial charge in [-0.15, -0.1) is 0 Å². The van der Waals surface area contributed by atoms with Crippen molar-refractivity contribution in [2.75, 3.05) is 0 Å². The highest BCUT2D eigenvalue weighted by Crippen LogP contribution is 2.37. The number of halogens is 3. The van der Waals surface area contributed by atoms with Crippen LogP contribution < -0.4 is 5.32 Å². The maximum Gasteiger partial charge on any atom is 0.391 e. The quantitative estimate of drug-likeness (QED) is 0.782. The molecule has 1 aromatic heterocycles. The second-order valence-corrected chi connectivity index (χ2v) is 7.63. The van der Waals surface area contributed by atoms with Crippen LogP contribution in [0.5, 0.6) is 0 Å². The molecule has 1 saturated carbocycles. The van der Waals surface area contributed by atoms with Gasteiger partial charge < -0.3 is 10.3 Å². The van der Waals surface area contributed by atoms with Gasteiger partial charge in [0.1, 0.15) is 0 Å². The van der Waals surface area contributed by atoms with Crippen molar-refractivity contribution in [2.24, 2.45) is 5.92 Å². The first-order chi connectivity index (χ1) is 12.4. The molecule has 0 aliphatic heterocycles. The van der Waals surface area contributed by atoms with Crippen molar-refractivity contribution in [2.45, 2.75) is 63.6 Å². The minimum Gasteiger partial charge on any atom is -0.358 e. The number of H-pyrrole nitrogens is 1. The van der Waals surface area contributed by atoms with Crippen molar-refractivity contribution >= 4 is 16.8 Å². The van der Waals surface area contributed by atoms with Crippen LogP contribution in [-0.4, -0.2) is 23.1 Å². The minimum absolute atomic E-state index is 0.0168. The highest BCUT2D eigenvalue weighted by atomic mass is 19.4. The first-order valence-electron chi connectivity index (χ1n) is 9.43. The molecular formula is C20H23F3N2O. The Morgan fingerprint density at radius 1 is 1.12 bits per heavy atom. The van der Waals surface area contributed by atoms with Crippen LogP contribution in [0.4, 0.5) is 13.2 Å². The zero-order valence-electron chi connectivity index (χ0n) is 14.6. The summed E-state index contributed by atoms with van der Waals surface area (Å²) in [4.78, 5) is 16.0. The maximum atomic E-state index is 13.0. The lowest BCUT2D eigenvalue weighted by atomic mass is 9.85. The Kier molecular flexibility index (Phi) is 4.45. The van der Waals surface area contributed by atoms with Crippen LogP contribution in [0, 0.1) is 5.92 Å². The summed E-state index contributed by atoms with van der Waals surface area (Å²) in [6.07, 6.45) is 1.45. The molecule has 1 amide bonds. The number of hydrogen-bond acceptors (Lipinski definition) is 1. The van der Waals surface area contributed by atoms with Crippen molar-refractivity contribution in [3.63, 3.8) is 0 Å². The Hall–Kier alpha value is -1.98. The Labute approximate surface area is 150 Å². The fraction of sp³-hybridized carbons (Fsp3) is 0.550. The van der Waals surface area contributed by atoms with E-state index < -0.39 is 18.1 Å². The molecule has 2 aromatic rings. The molecule has 6 heteroatoms. The van der Waals surface area contributed by atoms with Gasteiger partial charge in [0.25, 0.3) is 5.91 Å². The monoisotopic (exact) mass is 364 g/mol. The second kappa shape index (κ2) is 6.63. The van der Waals surface area contributed by atoms with Crippen LogP contribution >= 0.6 is 0 Å². The number of aryl methyl sites for hydroxylation is 2. The summed E-state index contributed by atoms with van der Waals surface area (Å²) in [7, 11) is 0. The van der Waals surface area contributed by atoms with Crippen LogP contribution in [0.2, 0.25) is 0 Å². The van der Waals surface area contributed by atoms with Crippen LogP contribution in [0.25, 0.3) is 10.9 Å². The molecule has 4 rings (SSSR count). The number of carbonyl (C=O) groups is 1. The Balaban J connectivity index is 1.51. The lowest BCUT2D eigenvalue weighted by Gasteiger charge is -2.31. The van der Waals surface area contributed by atoms with Gasteiger partial charge in [0.05, 0.1) is 5.92 Å². The van der Waals surface area contributed by atoms with E-state index >= 15 is 0 Å². The maximum absolute atomic E-state index is 13.0. The topological polar surface area (TPSA) is 44.9 Å². The number of rotatable bonds is 2. The van der Waals surface area contributed by atoms with Gasteiger partial charge in [-0.05, 0) is 68.7 Å². The molecule has 2 N–H and O–H groups in total. The van der Waals surface area contributed by atoms with Gasteiger partial charge in [0.15, 0.2) is 0 Å². The van der Waals surface area contributed by atoms with Gasteiger partial charge in [-0.1, -0.05) is 6.42 Å². The van der Waals surface area contributed by atoms with Gasteiger partial charge in [-0.3, -0.25) is 4.79 Å². The molecule has 2 atom stereocenters. The van der Waals surface area contributed by atoms with E-state index in [4.69, 9.17) is 0 Å². The molecule has 3 nitrogen and oxygen atoms in total. The average Bonchev–Trinajstić information content (AvgIpc) is 2.99. The number of benzene rings is 1. The van der Waals surface area contributed by atoms with Crippen molar-refractivity contribution in [1.29, 1.82) is 0 Å². The fourth-order valence-electron chi connectivity index (χ4n) is 4.43. The average molecular weight is 364 g/mol. The molecule has 26 heavy (non-hydrogen) atoms. The molecule has 0 radical (unpaired) electrons. The number of alkyl halides is 3. The van der Waals surface area contributed by atoms with E-state index in [2.05, 4.69) is 10.3 Å². The number of carbonyl (C=O) groups excluding carboxylic acids is 1. The Morgan fingerprint density at radius 2 is 1.92 bits per heavy atom. The molecule has 2 aliphatic carbocycles. The molecule has 2 aliphatic rings. The van der Waals surface area contributed by atoms with E-state index in [1.54, 1.807) is 6.07 Å². The molecule has 0 spiro atoms. The molecule has 140 valence electrons. The standard InChI is InChI=1S/C20H23F3N2O/c21-20(22,23)13-4-3-5-14(11-13)24-19(26)12-8-9-18-16(10-12)15-6-1-2-7-17(15)25-18/h8-10,13-14,25H,1-7,11H2,(H,24,26). The molecular weight excluding hydrogens is 341 g/mol. The summed E-state index contributed by atoms with van der Waals surface area (Å²) in [6, 6.07) is 5.14. The number of hydrogen-bond donors (Lipinski definition) is 2. The molecule has 2 unspecified atom stereocenters. The first-order valence-corrected chi connectivity index (χ1v) is 9.43. The van der Waals surface area contributed by atoms with Crippen molar-refractivity contribution in [1.82, 2.24) is 10.3 Å². The third kappa shape index (κ3) is 3.33. The summed E-state index contributed by atoms with van der Waals surface area (Å²) >= 11 is 0. The lowest BCUT2D eigenvalue weighted by Crippen LogP contribution is -2.41. The molecule has 1 fully saturated rings. The molecule has 1 heterocycles. The van der Waals surface area contributed by atoms with E-state index in [1.807, 2.05) is 12.1 Å². The van der Waals surface area contributed by atoms with Crippen molar-refractivity contribution < 1.29 is 18.0 Å². The van der Waals surface area contributed by atoms with E-state index in [-0.39, 0.29) is 18.7 Å². The zero-order valence-corrected chi connectivity index (χ0v) is 14.6. The molecule has 0 saturated heterocycles. The molecule has 1 aromatic carbocycles. The van der Waals surface area contributed by atoms with Gasteiger partial charge >= 0.3 is 6.18 Å². The van der Waals surface area contributed by atoms with E-state index in [0.29, 0.717) is 18.4 Å². The zero-order chi connectivity index (χ0) is 18.3. The van der Waals surface area contributed by atoms with Gasteiger partial charge in [0.2, 0.25) is 0 Å². The van der Waals surface area contributed by atoms with Gasteiger partial charge in [-0.2, -0.15) is 13.2 Å². The smallest absolute Gasteiger partial charge is 0.358 e. The van der Waals surface area contributed by atoms with Crippen molar-refractivity contribution in [3.8, 4) is 0 Å². The number of aromatic nitrogens is 1. The van der Waals surface area contributed by atoms with E-state index in [9.17, 15) is 18.0 Å². The Morgan fingerprint density at radius 3 is 2.73 bits per heavy atom. The lowest BCUT2D eigenvalue weighted by molar-refractivity contribution is -0.183. The predicted octanol–water partition coefficient (Wildman–Crippen LogP) is 4.90. The number of fused-ring (bicyclic) bond motifs is 3. The van der Waals surface area contributed by atoms with Crippen LogP contribution in [0.3, 0.4) is 0 Å².